The lowest BCUT2D eigenvalue weighted by molar-refractivity contribution is -0.140. The molecule has 1 amide bonds. The minimum Gasteiger partial charge on any atom is -0.507 e. The number of methoxy groups -OCH3 is 4. The fourth-order valence-corrected chi connectivity index (χ4v) is 3.57. The number of hydrogen-bond acceptors (Lipinski definition) is 7. The Morgan fingerprint density at radius 3 is 2.19 bits per heavy atom. The van der Waals surface area contributed by atoms with Crippen molar-refractivity contribution in [2.75, 3.05) is 41.6 Å². The first kappa shape index (κ1) is 22.2. The molecule has 1 aliphatic heterocycles. The maximum absolute atomic E-state index is 12.9. The number of ether oxygens (including phenoxy) is 4. The lowest BCUT2D eigenvalue weighted by Gasteiger charge is -2.25. The smallest absolute Gasteiger partial charge is 0.295 e. The zero-order valence-corrected chi connectivity index (χ0v) is 17.9. The topological polar surface area (TPSA) is 94.5 Å². The van der Waals surface area contributed by atoms with Gasteiger partial charge in [-0.25, -0.2) is 0 Å². The summed E-state index contributed by atoms with van der Waals surface area (Å²) in [5.41, 5.74) is 0.998. The third kappa shape index (κ3) is 4.20. The van der Waals surface area contributed by atoms with E-state index in [1.54, 1.807) is 42.5 Å². The summed E-state index contributed by atoms with van der Waals surface area (Å²) in [6.45, 7) is 0.416. The maximum atomic E-state index is 12.9. The van der Waals surface area contributed by atoms with Crippen LogP contribution in [0.1, 0.15) is 17.2 Å². The summed E-state index contributed by atoms with van der Waals surface area (Å²) in [7, 11) is 6.07. The summed E-state index contributed by atoms with van der Waals surface area (Å²) in [6.07, 6.45) is 0. The number of aliphatic hydroxyl groups excluding tert-OH is 1. The Balaban J connectivity index is 2.17. The van der Waals surface area contributed by atoms with Gasteiger partial charge in [-0.1, -0.05) is 6.07 Å². The Morgan fingerprint density at radius 2 is 1.61 bits per heavy atom. The molecule has 1 aliphatic rings. The van der Waals surface area contributed by atoms with Crippen LogP contribution < -0.4 is 14.2 Å². The SMILES string of the molecule is COCCN1C(=O)C(=O)/C(=C(/O)c2ccc(OC)cc2)[C@H]1c1ccc(OC)c(OC)c1. The van der Waals surface area contributed by atoms with Gasteiger partial charge in [-0.3, -0.25) is 9.59 Å². The van der Waals surface area contributed by atoms with Gasteiger partial charge in [0.25, 0.3) is 11.7 Å². The first-order chi connectivity index (χ1) is 15.0. The Morgan fingerprint density at radius 1 is 0.935 bits per heavy atom. The minimum atomic E-state index is -0.808. The van der Waals surface area contributed by atoms with Gasteiger partial charge in [0.15, 0.2) is 11.5 Å². The van der Waals surface area contributed by atoms with Crippen molar-refractivity contribution >= 4 is 17.4 Å². The van der Waals surface area contributed by atoms with E-state index in [0.717, 1.165) is 0 Å². The monoisotopic (exact) mass is 427 g/mol. The predicted molar refractivity (Wildman–Crippen MR) is 113 cm³/mol. The average Bonchev–Trinajstić information content (AvgIpc) is 3.06. The van der Waals surface area contributed by atoms with Crippen LogP contribution in [0.25, 0.3) is 5.76 Å². The molecular weight excluding hydrogens is 402 g/mol. The van der Waals surface area contributed by atoms with Crippen LogP contribution in [0.15, 0.2) is 48.0 Å². The number of amides is 1. The average molecular weight is 427 g/mol. The van der Waals surface area contributed by atoms with Crippen LogP contribution in [0.3, 0.4) is 0 Å². The second kappa shape index (κ2) is 9.53. The van der Waals surface area contributed by atoms with Crippen LogP contribution in [0.5, 0.6) is 17.2 Å². The van der Waals surface area contributed by atoms with E-state index in [9.17, 15) is 14.7 Å². The Labute approximate surface area is 180 Å². The van der Waals surface area contributed by atoms with Crippen molar-refractivity contribution in [2.24, 2.45) is 0 Å². The fourth-order valence-electron chi connectivity index (χ4n) is 3.57. The summed E-state index contributed by atoms with van der Waals surface area (Å²) in [5, 5.41) is 11.0. The normalized spacial score (nSPS) is 17.7. The largest absolute Gasteiger partial charge is 0.507 e. The molecule has 1 atom stereocenters. The molecule has 0 saturated carbocycles. The van der Waals surface area contributed by atoms with Crippen LogP contribution in [-0.2, 0) is 14.3 Å². The Hall–Kier alpha value is -3.52. The standard InChI is InChI=1S/C23H25NO7/c1-28-12-11-24-20(15-7-10-17(30-3)18(13-15)31-4)19(22(26)23(24)27)21(25)14-5-8-16(29-2)9-6-14/h5-10,13,20,25H,11-12H2,1-4H3/b21-19+/t20-/m1/s1. The van der Waals surface area contributed by atoms with E-state index >= 15 is 0 Å². The van der Waals surface area contributed by atoms with E-state index in [-0.39, 0.29) is 24.5 Å². The van der Waals surface area contributed by atoms with Gasteiger partial charge in [0.2, 0.25) is 0 Å². The molecule has 164 valence electrons. The van der Waals surface area contributed by atoms with Crippen molar-refractivity contribution < 1.29 is 33.6 Å². The molecule has 0 spiro atoms. The number of likely N-dealkylation sites (tertiary alicyclic amines) is 1. The molecule has 1 saturated heterocycles. The molecule has 0 radical (unpaired) electrons. The van der Waals surface area contributed by atoms with Crippen molar-refractivity contribution in [2.45, 2.75) is 6.04 Å². The first-order valence-corrected chi connectivity index (χ1v) is 9.60. The molecule has 8 nitrogen and oxygen atoms in total. The highest BCUT2D eigenvalue weighted by Crippen LogP contribution is 2.41. The number of benzene rings is 2. The minimum absolute atomic E-state index is 0.00140. The Bertz CT molecular complexity index is 997. The van der Waals surface area contributed by atoms with E-state index in [1.807, 2.05) is 0 Å². The van der Waals surface area contributed by atoms with Gasteiger partial charge in [-0.15, -0.1) is 0 Å². The number of carbonyl (C=O) groups excluding carboxylic acids is 2. The van der Waals surface area contributed by atoms with Gasteiger partial charge in [-0.2, -0.15) is 0 Å². The Kier molecular flexibility index (Phi) is 6.81. The van der Waals surface area contributed by atoms with Crippen molar-refractivity contribution in [3.63, 3.8) is 0 Å². The summed E-state index contributed by atoms with van der Waals surface area (Å²) in [4.78, 5) is 27.2. The maximum Gasteiger partial charge on any atom is 0.295 e. The number of rotatable bonds is 8. The van der Waals surface area contributed by atoms with Crippen molar-refractivity contribution in [1.29, 1.82) is 0 Å². The van der Waals surface area contributed by atoms with E-state index in [0.29, 0.717) is 28.4 Å². The quantitative estimate of drug-likeness (QED) is 0.393. The van der Waals surface area contributed by atoms with Crippen molar-refractivity contribution in [1.82, 2.24) is 4.90 Å². The number of ketones is 1. The zero-order chi connectivity index (χ0) is 22.5. The van der Waals surface area contributed by atoms with Crippen LogP contribution in [-0.4, -0.2) is 63.3 Å². The van der Waals surface area contributed by atoms with Crippen molar-refractivity contribution in [3.05, 3.63) is 59.2 Å². The molecule has 1 fully saturated rings. The van der Waals surface area contributed by atoms with E-state index < -0.39 is 17.7 Å². The molecule has 0 unspecified atom stereocenters. The molecule has 3 rings (SSSR count). The lowest BCUT2D eigenvalue weighted by Crippen LogP contribution is -2.32. The van der Waals surface area contributed by atoms with E-state index in [4.69, 9.17) is 18.9 Å². The third-order valence-electron chi connectivity index (χ3n) is 5.16. The third-order valence-corrected chi connectivity index (χ3v) is 5.16. The fraction of sp³-hybridized carbons (Fsp3) is 0.304. The van der Waals surface area contributed by atoms with Gasteiger partial charge in [-0.05, 0) is 42.0 Å². The molecule has 2 aromatic carbocycles. The summed E-state index contributed by atoms with van der Waals surface area (Å²) >= 11 is 0. The highest BCUT2D eigenvalue weighted by atomic mass is 16.5. The molecule has 1 heterocycles. The molecule has 0 aromatic heterocycles. The van der Waals surface area contributed by atoms with Crippen LogP contribution in [0.2, 0.25) is 0 Å². The lowest BCUT2D eigenvalue weighted by atomic mass is 9.95. The molecular formula is C23H25NO7. The molecule has 8 heteroatoms. The van der Waals surface area contributed by atoms with Gasteiger partial charge in [0.05, 0.1) is 39.6 Å². The molecule has 1 N–H and O–H groups in total. The molecule has 31 heavy (non-hydrogen) atoms. The van der Waals surface area contributed by atoms with Gasteiger partial charge >= 0.3 is 0 Å². The van der Waals surface area contributed by atoms with Gasteiger partial charge in [0.1, 0.15) is 11.5 Å². The summed E-state index contributed by atoms with van der Waals surface area (Å²) in [6, 6.07) is 10.9. The van der Waals surface area contributed by atoms with Crippen molar-refractivity contribution in [3.8, 4) is 17.2 Å². The molecule has 0 bridgehead atoms. The molecule has 0 aliphatic carbocycles. The number of Topliss-reactive ketones (excluding diaryl/α,β-unsaturated/α-hetero) is 1. The number of carbonyl (C=O) groups is 2. The second-order valence-electron chi connectivity index (χ2n) is 6.83. The zero-order valence-electron chi connectivity index (χ0n) is 17.9. The predicted octanol–water partition coefficient (Wildman–Crippen LogP) is 2.78. The summed E-state index contributed by atoms with van der Waals surface area (Å²) < 4.78 is 20.9. The van der Waals surface area contributed by atoms with Gasteiger partial charge < -0.3 is 29.0 Å². The number of nitrogens with zero attached hydrogens (tertiary/aromatic N) is 1. The summed E-state index contributed by atoms with van der Waals surface area (Å²) in [5.74, 6) is -0.164. The molecule has 2 aromatic rings. The van der Waals surface area contributed by atoms with Crippen LogP contribution in [0.4, 0.5) is 0 Å². The number of hydrogen-bond donors (Lipinski definition) is 1. The highest BCUT2D eigenvalue weighted by molar-refractivity contribution is 6.46. The highest BCUT2D eigenvalue weighted by Gasteiger charge is 2.46. The van der Waals surface area contributed by atoms with E-state index in [1.165, 1.54) is 33.3 Å². The van der Waals surface area contributed by atoms with E-state index in [2.05, 4.69) is 0 Å². The number of aliphatic hydroxyl groups is 1. The van der Waals surface area contributed by atoms with Crippen LogP contribution in [0, 0.1) is 0 Å². The first-order valence-electron chi connectivity index (χ1n) is 9.60. The van der Waals surface area contributed by atoms with Gasteiger partial charge in [0, 0.05) is 19.2 Å². The van der Waals surface area contributed by atoms with Crippen LogP contribution >= 0.6 is 0 Å². The second-order valence-corrected chi connectivity index (χ2v) is 6.83.